The van der Waals surface area contributed by atoms with Crippen molar-refractivity contribution >= 4 is 18.3 Å². The third-order valence-corrected chi connectivity index (χ3v) is 4.23. The van der Waals surface area contributed by atoms with Crippen LogP contribution in [0.4, 0.5) is 0 Å². The average molecular weight is 327 g/mol. The lowest BCUT2D eigenvalue weighted by atomic mass is 9.77. The largest absolute Gasteiger partial charge is 0.494 e. The number of ether oxygens (including phenoxy) is 1. The van der Waals surface area contributed by atoms with Gasteiger partial charge in [-0.1, -0.05) is 13.8 Å². The van der Waals surface area contributed by atoms with Crippen molar-refractivity contribution in [3.63, 3.8) is 0 Å². The monoisotopic (exact) mass is 326 g/mol. The molecule has 1 unspecified atom stereocenters. The number of nitrogens with one attached hydrogen (secondary N) is 2. The average Bonchev–Trinajstić information content (AvgIpc) is 2.46. The van der Waals surface area contributed by atoms with Gasteiger partial charge in [-0.05, 0) is 56.0 Å². The maximum Gasteiger partial charge on any atom is 0.251 e. The van der Waals surface area contributed by atoms with Crippen LogP contribution in [0.15, 0.2) is 24.3 Å². The van der Waals surface area contributed by atoms with Crippen molar-refractivity contribution in [3.8, 4) is 5.75 Å². The van der Waals surface area contributed by atoms with Gasteiger partial charge >= 0.3 is 0 Å². The minimum absolute atomic E-state index is 0. The zero-order chi connectivity index (χ0) is 15.3. The van der Waals surface area contributed by atoms with Crippen LogP contribution in [0.1, 0.15) is 44.0 Å². The summed E-state index contributed by atoms with van der Waals surface area (Å²) in [4.78, 5) is 12.2. The van der Waals surface area contributed by atoms with Crippen LogP contribution in [-0.2, 0) is 0 Å². The van der Waals surface area contributed by atoms with Gasteiger partial charge in [-0.2, -0.15) is 0 Å². The smallest absolute Gasteiger partial charge is 0.251 e. The van der Waals surface area contributed by atoms with Gasteiger partial charge in [-0.3, -0.25) is 4.79 Å². The van der Waals surface area contributed by atoms with Gasteiger partial charge in [-0.25, -0.2) is 0 Å². The molecular weight excluding hydrogens is 300 g/mol. The molecular formula is C17H27ClN2O2. The first-order valence-corrected chi connectivity index (χ1v) is 7.77. The number of rotatable bonds is 5. The van der Waals surface area contributed by atoms with Crippen molar-refractivity contribution in [3.05, 3.63) is 29.8 Å². The van der Waals surface area contributed by atoms with Gasteiger partial charge in [0.05, 0.1) is 6.61 Å². The number of halogens is 1. The quantitative estimate of drug-likeness (QED) is 0.874. The second kappa shape index (κ2) is 8.39. The van der Waals surface area contributed by atoms with E-state index in [2.05, 4.69) is 24.5 Å². The molecule has 2 N–H and O–H groups in total. The van der Waals surface area contributed by atoms with Crippen molar-refractivity contribution in [1.82, 2.24) is 10.6 Å². The summed E-state index contributed by atoms with van der Waals surface area (Å²) in [6.07, 6.45) is 2.40. The van der Waals surface area contributed by atoms with Gasteiger partial charge < -0.3 is 15.4 Å². The molecule has 1 aromatic rings. The predicted octanol–water partition coefficient (Wildman–Crippen LogP) is 3.02. The Morgan fingerprint density at radius 1 is 1.36 bits per heavy atom. The maximum absolute atomic E-state index is 12.2. The lowest BCUT2D eigenvalue weighted by molar-refractivity contribution is 0.0929. The van der Waals surface area contributed by atoms with Crippen molar-refractivity contribution < 1.29 is 9.53 Å². The molecule has 0 saturated carbocycles. The van der Waals surface area contributed by atoms with Crippen LogP contribution in [0.25, 0.3) is 0 Å². The number of carbonyl (C=O) groups is 1. The Balaban J connectivity index is 0.00000242. The van der Waals surface area contributed by atoms with E-state index in [0.29, 0.717) is 24.8 Å². The van der Waals surface area contributed by atoms with Crippen LogP contribution in [0.5, 0.6) is 5.75 Å². The summed E-state index contributed by atoms with van der Waals surface area (Å²) in [6.45, 7) is 8.79. The highest BCUT2D eigenvalue weighted by Crippen LogP contribution is 2.29. The predicted molar refractivity (Wildman–Crippen MR) is 92.0 cm³/mol. The summed E-state index contributed by atoms with van der Waals surface area (Å²) in [7, 11) is 0. The molecule has 0 aromatic heterocycles. The third kappa shape index (κ3) is 4.89. The fraction of sp³-hybridized carbons (Fsp3) is 0.588. The van der Waals surface area contributed by atoms with Gasteiger partial charge in [0.25, 0.3) is 5.91 Å². The highest BCUT2D eigenvalue weighted by atomic mass is 35.5. The summed E-state index contributed by atoms with van der Waals surface area (Å²) in [5, 5.41) is 6.54. The topological polar surface area (TPSA) is 50.4 Å². The van der Waals surface area contributed by atoms with E-state index < -0.39 is 0 Å². The zero-order valence-corrected chi connectivity index (χ0v) is 14.5. The zero-order valence-electron chi connectivity index (χ0n) is 13.6. The first kappa shape index (κ1) is 18.8. The van der Waals surface area contributed by atoms with Crippen molar-refractivity contribution in [2.24, 2.45) is 5.41 Å². The minimum atomic E-state index is -0.0266. The summed E-state index contributed by atoms with van der Waals surface area (Å²) < 4.78 is 5.38. The fourth-order valence-corrected chi connectivity index (χ4v) is 2.79. The van der Waals surface area contributed by atoms with E-state index in [1.165, 1.54) is 12.8 Å². The van der Waals surface area contributed by atoms with Gasteiger partial charge in [0, 0.05) is 18.2 Å². The number of benzene rings is 1. The molecule has 0 aliphatic carbocycles. The Hall–Kier alpha value is -1.26. The van der Waals surface area contributed by atoms with Gasteiger partial charge in [0.1, 0.15) is 5.75 Å². The molecule has 0 bridgehead atoms. The second-order valence-electron chi connectivity index (χ2n) is 6.27. The fourth-order valence-electron chi connectivity index (χ4n) is 2.79. The number of amides is 1. The standard InChI is InChI=1S/C17H26N2O2.ClH/c1-4-21-14-8-6-13(7-9-14)16(20)19-12-15-17(2,3)10-5-11-18-15;/h6-9,15,18H,4-5,10-12H2,1-3H3,(H,19,20);1H. The molecule has 1 aromatic carbocycles. The molecule has 2 rings (SSSR count). The van der Waals surface area contributed by atoms with Crippen LogP contribution >= 0.6 is 12.4 Å². The number of hydrogen-bond donors (Lipinski definition) is 2. The molecule has 1 amide bonds. The first-order valence-electron chi connectivity index (χ1n) is 7.77. The molecule has 1 fully saturated rings. The van der Waals surface area contributed by atoms with E-state index >= 15 is 0 Å². The summed E-state index contributed by atoms with van der Waals surface area (Å²) in [6, 6.07) is 7.61. The highest BCUT2D eigenvalue weighted by Gasteiger charge is 2.31. The molecule has 5 heteroatoms. The number of hydrogen-bond acceptors (Lipinski definition) is 3. The number of carbonyl (C=O) groups excluding carboxylic acids is 1. The third-order valence-electron chi connectivity index (χ3n) is 4.23. The van der Waals surface area contributed by atoms with Crippen LogP contribution in [0, 0.1) is 5.41 Å². The Labute approximate surface area is 139 Å². The van der Waals surface area contributed by atoms with E-state index in [1.807, 2.05) is 19.1 Å². The maximum atomic E-state index is 12.2. The molecule has 1 saturated heterocycles. The minimum Gasteiger partial charge on any atom is -0.494 e. The summed E-state index contributed by atoms with van der Waals surface area (Å²) in [5.74, 6) is 0.769. The van der Waals surface area contributed by atoms with Crippen LogP contribution in [0.3, 0.4) is 0 Å². The molecule has 1 aliphatic rings. The second-order valence-corrected chi connectivity index (χ2v) is 6.27. The summed E-state index contributed by atoms with van der Waals surface area (Å²) >= 11 is 0. The van der Waals surface area contributed by atoms with E-state index in [-0.39, 0.29) is 23.7 Å². The van der Waals surface area contributed by atoms with E-state index in [1.54, 1.807) is 12.1 Å². The molecule has 0 spiro atoms. The molecule has 0 radical (unpaired) electrons. The van der Waals surface area contributed by atoms with Crippen LogP contribution in [0.2, 0.25) is 0 Å². The molecule has 1 aliphatic heterocycles. The van der Waals surface area contributed by atoms with E-state index in [0.717, 1.165) is 12.3 Å². The SMILES string of the molecule is CCOc1ccc(C(=O)NCC2NCCCC2(C)C)cc1.Cl. The Kier molecular flexibility index (Phi) is 7.17. The van der Waals surface area contributed by atoms with Crippen molar-refractivity contribution in [2.75, 3.05) is 19.7 Å². The van der Waals surface area contributed by atoms with Gasteiger partial charge in [-0.15, -0.1) is 12.4 Å². The molecule has 22 heavy (non-hydrogen) atoms. The molecule has 124 valence electrons. The van der Waals surface area contributed by atoms with E-state index in [9.17, 15) is 4.79 Å². The first-order chi connectivity index (χ1) is 10.0. The number of piperidine rings is 1. The molecule has 1 atom stereocenters. The van der Waals surface area contributed by atoms with Crippen molar-refractivity contribution in [1.29, 1.82) is 0 Å². The van der Waals surface area contributed by atoms with E-state index in [4.69, 9.17) is 4.74 Å². The summed E-state index contributed by atoms with van der Waals surface area (Å²) in [5.41, 5.74) is 0.900. The molecule has 1 heterocycles. The van der Waals surface area contributed by atoms with Crippen LogP contribution < -0.4 is 15.4 Å². The van der Waals surface area contributed by atoms with Crippen LogP contribution in [-0.4, -0.2) is 31.6 Å². The lowest BCUT2D eigenvalue weighted by Crippen LogP contribution is -2.52. The van der Waals surface area contributed by atoms with Crippen molar-refractivity contribution in [2.45, 2.75) is 39.7 Å². The normalized spacial score (nSPS) is 19.9. The Bertz CT molecular complexity index is 474. The molecule has 4 nitrogen and oxygen atoms in total. The Morgan fingerprint density at radius 3 is 2.64 bits per heavy atom. The Morgan fingerprint density at radius 2 is 2.05 bits per heavy atom. The van der Waals surface area contributed by atoms with Gasteiger partial charge in [0.15, 0.2) is 0 Å². The van der Waals surface area contributed by atoms with Gasteiger partial charge in [0.2, 0.25) is 0 Å². The highest BCUT2D eigenvalue weighted by molar-refractivity contribution is 5.94. The lowest BCUT2D eigenvalue weighted by Gasteiger charge is -2.39.